The zero-order valence-corrected chi connectivity index (χ0v) is 40.8. The predicted octanol–water partition coefficient (Wildman–Crippen LogP) is 18.5. The highest BCUT2D eigenvalue weighted by atomic mass is 14.4. The minimum absolute atomic E-state index is 0.437. The molecule has 0 bridgehead atoms. The van der Waals surface area contributed by atoms with Crippen molar-refractivity contribution in [3.05, 3.63) is 0 Å². The van der Waals surface area contributed by atoms with Gasteiger partial charge in [0.25, 0.3) is 0 Å². The molecule has 0 radical (unpaired) electrons. The first-order valence-corrected chi connectivity index (χ1v) is 21.5. The second-order valence-corrected chi connectivity index (χ2v) is 22.7. The van der Waals surface area contributed by atoms with Crippen LogP contribution in [-0.2, 0) is 0 Å². The van der Waals surface area contributed by atoms with Crippen LogP contribution < -0.4 is 0 Å². The molecule has 0 aromatic heterocycles. The Hall–Kier alpha value is 0. The molecule has 0 amide bonds. The van der Waals surface area contributed by atoms with Gasteiger partial charge in [-0.25, -0.2) is 0 Å². The Labute approximate surface area is 318 Å². The van der Waals surface area contributed by atoms with Crippen molar-refractivity contribution >= 4 is 0 Å². The third-order valence-corrected chi connectivity index (χ3v) is 13.3. The van der Waals surface area contributed by atoms with Gasteiger partial charge >= 0.3 is 0 Å². The van der Waals surface area contributed by atoms with E-state index in [0.29, 0.717) is 27.1 Å². The molecule has 0 spiro atoms. The smallest absolute Gasteiger partial charge is 0.0329 e. The maximum atomic E-state index is 2.40. The zero-order valence-electron chi connectivity index (χ0n) is 40.8. The topological polar surface area (TPSA) is 0 Å². The van der Waals surface area contributed by atoms with Crippen LogP contribution in [0.5, 0.6) is 0 Å². The molecule has 0 aliphatic heterocycles. The van der Waals surface area contributed by atoms with Gasteiger partial charge in [0.2, 0.25) is 0 Å². The summed E-state index contributed by atoms with van der Waals surface area (Å²) < 4.78 is 0. The molecule has 2 aliphatic rings. The van der Waals surface area contributed by atoms with E-state index in [9.17, 15) is 0 Å². The van der Waals surface area contributed by atoms with E-state index in [1.165, 1.54) is 51.4 Å². The molecule has 0 heteroatoms. The van der Waals surface area contributed by atoms with Gasteiger partial charge in [-0.3, -0.25) is 0 Å². The minimum atomic E-state index is 0.437. The van der Waals surface area contributed by atoms with Gasteiger partial charge in [-0.15, -0.1) is 0 Å². The van der Waals surface area contributed by atoms with Gasteiger partial charge in [0, 0.05) is 0 Å². The summed E-state index contributed by atoms with van der Waals surface area (Å²) >= 11 is 0. The van der Waals surface area contributed by atoms with Crippen LogP contribution in [-0.4, -0.2) is 0 Å². The molecule has 0 aromatic rings. The van der Waals surface area contributed by atoms with E-state index in [1.807, 2.05) is 0 Å². The molecular formula is C49H108. The van der Waals surface area contributed by atoms with E-state index < -0.39 is 0 Å². The molecule has 304 valence electrons. The van der Waals surface area contributed by atoms with Crippen LogP contribution in [0, 0.1) is 74.4 Å². The van der Waals surface area contributed by atoms with Crippen LogP contribution in [0.3, 0.4) is 0 Å². The number of hydrogen-bond acceptors (Lipinski definition) is 0. The van der Waals surface area contributed by atoms with E-state index in [1.54, 1.807) is 0 Å². The molecule has 49 heavy (non-hydrogen) atoms. The van der Waals surface area contributed by atoms with E-state index in [2.05, 4.69) is 194 Å². The number of hydrogen-bond donors (Lipinski definition) is 0. The van der Waals surface area contributed by atoms with E-state index in [4.69, 9.17) is 0 Å². The normalized spacial score (nSPS) is 20.0. The van der Waals surface area contributed by atoms with Crippen LogP contribution in [0.15, 0.2) is 0 Å². The molecule has 2 aliphatic carbocycles. The van der Waals surface area contributed by atoms with Crippen LogP contribution in [0.1, 0.15) is 245 Å². The maximum absolute atomic E-state index is 2.40. The van der Waals surface area contributed by atoms with Gasteiger partial charge in [0.15, 0.2) is 0 Å². The largest absolute Gasteiger partial charge is 0.0651 e. The second-order valence-electron chi connectivity index (χ2n) is 22.7. The highest BCUT2D eigenvalue weighted by molar-refractivity contribution is 4.81. The molecular weight excluding hydrogens is 589 g/mol. The van der Waals surface area contributed by atoms with Crippen molar-refractivity contribution < 1.29 is 0 Å². The summed E-state index contributed by atoms with van der Waals surface area (Å²) in [4.78, 5) is 0. The third-order valence-electron chi connectivity index (χ3n) is 13.3. The van der Waals surface area contributed by atoms with Gasteiger partial charge in [-0.05, 0) is 87.3 Å². The fourth-order valence-corrected chi connectivity index (χ4v) is 3.17. The molecule has 2 atom stereocenters. The SMILES string of the molecule is CC(C)(C)C(C)(C)C.CC(C)C(C)(C)C.CC(C)C(C)C.CC(C)C(C)C.CCC(C)C.C[C@@H]1CCCC1(C)C.C[C@@H]1CCCCC1(C)C. The first kappa shape index (κ1) is 58.3. The monoisotopic (exact) mass is 697 g/mol. The van der Waals surface area contributed by atoms with Gasteiger partial charge in [-0.1, -0.05) is 232 Å². The summed E-state index contributed by atoms with van der Waals surface area (Å²) in [5.74, 6) is 7.00. The summed E-state index contributed by atoms with van der Waals surface area (Å²) in [7, 11) is 0. The summed E-state index contributed by atoms with van der Waals surface area (Å²) in [6, 6.07) is 0. The molecule has 2 fully saturated rings. The Kier molecular flexibility index (Phi) is 32.8. The van der Waals surface area contributed by atoms with E-state index in [-0.39, 0.29) is 0 Å². The molecule has 2 rings (SSSR count). The molecule has 0 heterocycles. The van der Waals surface area contributed by atoms with Crippen molar-refractivity contribution in [1.82, 2.24) is 0 Å². The summed E-state index contributed by atoms with van der Waals surface area (Å²) in [5, 5.41) is 0. The van der Waals surface area contributed by atoms with Crippen molar-refractivity contribution in [3.63, 3.8) is 0 Å². The average molecular weight is 697 g/mol. The molecule has 2 saturated carbocycles. The van der Waals surface area contributed by atoms with Crippen molar-refractivity contribution in [3.8, 4) is 0 Å². The standard InChI is InChI=1S/C9H18.C8H16.C8H18.C7H16.2C6H14.C5H12/c1-8-6-4-5-7-9(8,2)3;1-7-5-4-6-8(7,2)3;1-7(2,3)8(4,5)6;1-6(2)7(3,4)5;2*1-5(2)6(3)4;1-4-5(2)3/h8H,4-7H2,1-3H3;7H,4-6H2,1-3H3;1-6H3;6H,1-5H3;2*5-6H,1-4H3;5H,4H2,1-3H3/t8-;7-;;;;;/m11...../s1. The van der Waals surface area contributed by atoms with Gasteiger partial charge < -0.3 is 0 Å². The quantitative estimate of drug-likeness (QED) is 0.275. The van der Waals surface area contributed by atoms with Gasteiger partial charge in [-0.2, -0.15) is 0 Å². The summed E-state index contributed by atoms with van der Waals surface area (Å²) in [5.41, 5.74) is 2.66. The van der Waals surface area contributed by atoms with Crippen LogP contribution in [0.2, 0.25) is 0 Å². The second kappa shape index (κ2) is 27.6. The fraction of sp³-hybridized carbons (Fsp3) is 1.00. The Balaban J connectivity index is -0.000000155. The lowest BCUT2D eigenvalue weighted by Crippen LogP contribution is -2.25. The Morgan fingerprint density at radius 3 is 0.776 bits per heavy atom. The third kappa shape index (κ3) is 37.6. The Morgan fingerprint density at radius 1 is 0.469 bits per heavy atom. The lowest BCUT2D eigenvalue weighted by molar-refractivity contribution is 0.154. The predicted molar refractivity (Wildman–Crippen MR) is 236 cm³/mol. The van der Waals surface area contributed by atoms with Gasteiger partial charge in [0.1, 0.15) is 0 Å². The van der Waals surface area contributed by atoms with Crippen molar-refractivity contribution in [2.45, 2.75) is 245 Å². The molecule has 0 N–H and O–H groups in total. The van der Waals surface area contributed by atoms with Gasteiger partial charge in [0.05, 0.1) is 0 Å². The first-order valence-electron chi connectivity index (χ1n) is 21.5. The van der Waals surface area contributed by atoms with E-state index in [0.717, 1.165) is 47.3 Å². The lowest BCUT2D eigenvalue weighted by Gasteiger charge is -2.36. The molecule has 0 aromatic carbocycles. The minimum Gasteiger partial charge on any atom is -0.0651 e. The van der Waals surface area contributed by atoms with Crippen LogP contribution >= 0.6 is 0 Å². The van der Waals surface area contributed by atoms with Crippen LogP contribution in [0.25, 0.3) is 0 Å². The highest BCUT2D eigenvalue weighted by Gasteiger charge is 2.30. The molecule has 0 nitrogen and oxygen atoms in total. The van der Waals surface area contributed by atoms with Crippen molar-refractivity contribution in [2.75, 3.05) is 0 Å². The lowest BCUT2D eigenvalue weighted by atomic mass is 9.70. The maximum Gasteiger partial charge on any atom is -0.0329 e. The summed E-state index contributed by atoms with van der Waals surface area (Å²) in [6.45, 7) is 63.8. The molecule has 0 saturated heterocycles. The van der Waals surface area contributed by atoms with Crippen molar-refractivity contribution in [1.29, 1.82) is 0 Å². The highest BCUT2D eigenvalue weighted by Crippen LogP contribution is 2.42. The zero-order chi connectivity index (χ0) is 40.8. The average Bonchev–Trinajstić information content (AvgIpc) is 3.21. The Morgan fingerprint density at radius 2 is 0.694 bits per heavy atom. The van der Waals surface area contributed by atoms with E-state index >= 15 is 0 Å². The first-order chi connectivity index (χ1) is 21.5. The Bertz CT molecular complexity index is 650. The van der Waals surface area contributed by atoms with Crippen molar-refractivity contribution in [2.24, 2.45) is 74.4 Å². The fourth-order valence-electron chi connectivity index (χ4n) is 3.17. The molecule has 0 unspecified atom stereocenters. The number of rotatable bonds is 3. The van der Waals surface area contributed by atoms with Crippen LogP contribution in [0.4, 0.5) is 0 Å². The summed E-state index contributed by atoms with van der Waals surface area (Å²) in [6.07, 6.45) is 11.5.